The van der Waals surface area contributed by atoms with Crippen LogP contribution in [-0.4, -0.2) is 24.4 Å². The molecule has 2 aromatic heterocycles. The first-order chi connectivity index (χ1) is 11.8. The van der Waals surface area contributed by atoms with E-state index in [9.17, 15) is 5.11 Å². The van der Waals surface area contributed by atoms with Crippen LogP contribution >= 0.6 is 11.6 Å². The van der Waals surface area contributed by atoms with Crippen LogP contribution in [0.5, 0.6) is 0 Å². The van der Waals surface area contributed by atoms with Crippen molar-refractivity contribution in [3.63, 3.8) is 0 Å². The Kier molecular flexibility index (Phi) is 2.83. The molecule has 0 saturated heterocycles. The van der Waals surface area contributed by atoms with Gasteiger partial charge in [0.2, 0.25) is 0 Å². The second-order valence-corrected chi connectivity index (χ2v) is 6.30. The molecule has 1 aliphatic heterocycles. The van der Waals surface area contributed by atoms with Gasteiger partial charge in [-0.1, -0.05) is 29.8 Å². The molecule has 118 valence electrons. The summed E-state index contributed by atoms with van der Waals surface area (Å²) in [6.45, 7) is 0.423. The van der Waals surface area contributed by atoms with E-state index in [1.54, 1.807) is 0 Å². The average molecular weight is 337 g/mol. The summed E-state index contributed by atoms with van der Waals surface area (Å²) in [4.78, 5) is 0. The molecule has 2 aromatic carbocycles. The quantitative estimate of drug-likeness (QED) is 0.510. The van der Waals surface area contributed by atoms with E-state index in [1.807, 2.05) is 34.9 Å². The highest BCUT2D eigenvalue weighted by Crippen LogP contribution is 2.37. The molecule has 0 bridgehead atoms. The molecule has 1 aliphatic rings. The van der Waals surface area contributed by atoms with Crippen molar-refractivity contribution in [1.29, 1.82) is 0 Å². The Morgan fingerprint density at radius 2 is 1.96 bits per heavy atom. The van der Waals surface area contributed by atoms with Crippen molar-refractivity contribution in [2.24, 2.45) is 0 Å². The number of fused-ring (bicyclic) bond motifs is 7. The fraction of sp³-hybridized carbons (Fsp3) is 0.111. The maximum absolute atomic E-state index is 9.64. The summed E-state index contributed by atoms with van der Waals surface area (Å²) in [6.07, 6.45) is 0. The molecular weight excluding hydrogens is 324 g/mol. The van der Waals surface area contributed by atoms with Crippen LogP contribution in [0.25, 0.3) is 27.8 Å². The van der Waals surface area contributed by atoms with Gasteiger partial charge >= 0.3 is 0 Å². The molecule has 0 fully saturated rings. The third-order valence-electron chi connectivity index (χ3n) is 4.52. The summed E-state index contributed by atoms with van der Waals surface area (Å²) >= 11 is 6.27. The molecule has 0 spiro atoms. The van der Waals surface area contributed by atoms with E-state index in [4.69, 9.17) is 11.6 Å². The highest BCUT2D eigenvalue weighted by atomic mass is 35.5. The van der Waals surface area contributed by atoms with Crippen LogP contribution in [0.2, 0.25) is 5.02 Å². The van der Waals surface area contributed by atoms with E-state index in [2.05, 4.69) is 33.0 Å². The molecular formula is C18H13ClN4O. The number of rotatable bonds is 1. The molecule has 6 heteroatoms. The number of nitrogens with zero attached hydrogens (tertiary/aromatic N) is 4. The van der Waals surface area contributed by atoms with Gasteiger partial charge in [0.15, 0.2) is 11.6 Å². The van der Waals surface area contributed by atoms with Gasteiger partial charge in [-0.3, -0.25) is 4.57 Å². The van der Waals surface area contributed by atoms with E-state index in [0.29, 0.717) is 17.4 Å². The minimum Gasteiger partial charge on any atom is -0.388 e. The van der Waals surface area contributed by atoms with E-state index in [-0.39, 0.29) is 6.61 Å². The molecule has 5 nitrogen and oxygen atoms in total. The first-order valence-corrected chi connectivity index (χ1v) is 8.06. The Bertz CT molecular complexity index is 1100. The second kappa shape index (κ2) is 4.93. The Balaban J connectivity index is 1.93. The van der Waals surface area contributed by atoms with Crippen LogP contribution in [0.4, 0.5) is 0 Å². The van der Waals surface area contributed by atoms with Crippen LogP contribution < -0.4 is 0 Å². The van der Waals surface area contributed by atoms with Gasteiger partial charge in [-0.15, -0.1) is 10.2 Å². The molecule has 5 rings (SSSR count). The van der Waals surface area contributed by atoms with Gasteiger partial charge in [0.1, 0.15) is 6.61 Å². The summed E-state index contributed by atoms with van der Waals surface area (Å²) in [7, 11) is 0. The number of hydrogen-bond donors (Lipinski definition) is 1. The topological polar surface area (TPSA) is 55.9 Å². The number of halogens is 1. The SMILES string of the molecule is OCc1nnc2n1-c1ccc(Cl)cc1-c1cc3ccccc3n1C2. The highest BCUT2D eigenvalue weighted by molar-refractivity contribution is 6.31. The Morgan fingerprint density at radius 1 is 1.08 bits per heavy atom. The monoisotopic (exact) mass is 336 g/mol. The fourth-order valence-electron chi connectivity index (χ4n) is 3.49. The van der Waals surface area contributed by atoms with Crippen LogP contribution in [0, 0.1) is 0 Å². The summed E-state index contributed by atoms with van der Waals surface area (Å²) in [5.41, 5.74) is 4.17. The van der Waals surface area contributed by atoms with E-state index in [1.165, 1.54) is 5.39 Å². The third kappa shape index (κ3) is 1.79. The van der Waals surface area contributed by atoms with Crippen LogP contribution in [0.15, 0.2) is 48.5 Å². The maximum Gasteiger partial charge on any atom is 0.163 e. The van der Waals surface area contributed by atoms with Crippen molar-refractivity contribution in [2.45, 2.75) is 13.2 Å². The molecule has 0 unspecified atom stereocenters. The zero-order chi connectivity index (χ0) is 16.3. The van der Waals surface area contributed by atoms with Gasteiger partial charge in [0, 0.05) is 21.5 Å². The molecule has 0 aliphatic carbocycles. The molecule has 1 N–H and O–H groups in total. The lowest BCUT2D eigenvalue weighted by atomic mass is 10.1. The standard InChI is InChI=1S/C18H13ClN4O/c19-12-5-6-15-13(8-12)16-7-11-3-1-2-4-14(11)22(16)9-17-20-21-18(10-24)23(15)17/h1-8,24H,9-10H2. The summed E-state index contributed by atoms with van der Waals surface area (Å²) < 4.78 is 4.15. The van der Waals surface area contributed by atoms with Gasteiger partial charge in [-0.2, -0.15) is 0 Å². The number of aliphatic hydroxyl groups is 1. The third-order valence-corrected chi connectivity index (χ3v) is 4.76. The van der Waals surface area contributed by atoms with Crippen molar-refractivity contribution in [3.05, 3.63) is 65.2 Å². The maximum atomic E-state index is 9.64. The van der Waals surface area contributed by atoms with Gasteiger partial charge in [-0.25, -0.2) is 0 Å². The Morgan fingerprint density at radius 3 is 2.83 bits per heavy atom. The minimum atomic E-state index is -0.162. The Labute approximate surface area is 142 Å². The predicted molar refractivity (Wildman–Crippen MR) is 92.3 cm³/mol. The highest BCUT2D eigenvalue weighted by Gasteiger charge is 2.24. The van der Waals surface area contributed by atoms with Crippen LogP contribution in [0.1, 0.15) is 11.6 Å². The minimum absolute atomic E-state index is 0.162. The zero-order valence-electron chi connectivity index (χ0n) is 12.6. The second-order valence-electron chi connectivity index (χ2n) is 5.86. The Hall–Kier alpha value is -2.63. The number of aliphatic hydroxyl groups excluding tert-OH is 1. The normalized spacial score (nSPS) is 12.6. The van der Waals surface area contributed by atoms with Gasteiger partial charge < -0.3 is 9.67 Å². The molecule has 0 radical (unpaired) electrons. The predicted octanol–water partition coefficient (Wildman–Crippen LogP) is 3.40. The molecule has 0 amide bonds. The largest absolute Gasteiger partial charge is 0.388 e. The summed E-state index contributed by atoms with van der Waals surface area (Å²) in [5.74, 6) is 1.33. The zero-order valence-corrected chi connectivity index (χ0v) is 13.4. The van der Waals surface area contributed by atoms with Crippen molar-refractivity contribution < 1.29 is 5.11 Å². The van der Waals surface area contributed by atoms with Gasteiger partial charge in [0.05, 0.1) is 17.9 Å². The summed E-state index contributed by atoms with van der Waals surface area (Å²) in [5, 5.41) is 19.9. The molecule has 24 heavy (non-hydrogen) atoms. The van der Waals surface area contributed by atoms with E-state index in [0.717, 1.165) is 28.3 Å². The van der Waals surface area contributed by atoms with E-state index >= 15 is 0 Å². The van der Waals surface area contributed by atoms with Crippen molar-refractivity contribution >= 4 is 22.5 Å². The van der Waals surface area contributed by atoms with Crippen molar-refractivity contribution in [3.8, 4) is 16.9 Å². The molecule has 4 aromatic rings. The number of hydrogen-bond acceptors (Lipinski definition) is 3. The molecule has 3 heterocycles. The van der Waals surface area contributed by atoms with Crippen LogP contribution in [0.3, 0.4) is 0 Å². The first-order valence-electron chi connectivity index (χ1n) is 7.69. The first kappa shape index (κ1) is 13.8. The van der Waals surface area contributed by atoms with E-state index < -0.39 is 0 Å². The number of aromatic nitrogens is 4. The van der Waals surface area contributed by atoms with Gasteiger partial charge in [-0.05, 0) is 30.3 Å². The number of benzene rings is 2. The summed E-state index contributed by atoms with van der Waals surface area (Å²) in [6, 6.07) is 16.2. The molecule has 0 atom stereocenters. The number of para-hydroxylation sites is 1. The fourth-order valence-corrected chi connectivity index (χ4v) is 3.66. The lowest BCUT2D eigenvalue weighted by Gasteiger charge is -2.11. The average Bonchev–Trinajstić information content (AvgIpc) is 3.14. The van der Waals surface area contributed by atoms with Crippen molar-refractivity contribution in [2.75, 3.05) is 0 Å². The lowest BCUT2D eigenvalue weighted by molar-refractivity contribution is 0.268. The smallest absolute Gasteiger partial charge is 0.163 e. The molecule has 0 saturated carbocycles. The van der Waals surface area contributed by atoms with Crippen LogP contribution in [-0.2, 0) is 13.2 Å². The van der Waals surface area contributed by atoms with Crippen molar-refractivity contribution in [1.82, 2.24) is 19.3 Å². The van der Waals surface area contributed by atoms with Gasteiger partial charge in [0.25, 0.3) is 0 Å². The lowest BCUT2D eigenvalue weighted by Crippen LogP contribution is -2.06.